The minimum Gasteiger partial charge on any atom is -0.389 e. The summed E-state index contributed by atoms with van der Waals surface area (Å²) in [7, 11) is 0. The molecule has 3 nitrogen and oxygen atoms in total. The van der Waals surface area contributed by atoms with Crippen molar-refractivity contribution in [1.29, 1.82) is 0 Å². The third kappa shape index (κ3) is 3.22. The van der Waals surface area contributed by atoms with Crippen LogP contribution in [-0.4, -0.2) is 48.0 Å². The fourth-order valence-electron chi connectivity index (χ4n) is 6.08. The van der Waals surface area contributed by atoms with E-state index >= 15 is 0 Å². The predicted molar refractivity (Wildman–Crippen MR) is 87.7 cm³/mol. The summed E-state index contributed by atoms with van der Waals surface area (Å²) in [4.78, 5) is 2.42. The van der Waals surface area contributed by atoms with Crippen molar-refractivity contribution in [3.05, 3.63) is 0 Å². The van der Waals surface area contributed by atoms with E-state index in [2.05, 4.69) is 11.8 Å². The van der Waals surface area contributed by atoms with Crippen molar-refractivity contribution < 1.29 is 9.84 Å². The number of ether oxygens (including phenoxy) is 1. The molecule has 0 spiro atoms. The molecule has 1 atom stereocenters. The van der Waals surface area contributed by atoms with E-state index < -0.39 is 0 Å². The monoisotopic (exact) mass is 307 g/mol. The molecule has 1 saturated heterocycles. The van der Waals surface area contributed by atoms with Crippen molar-refractivity contribution in [2.24, 2.45) is 23.7 Å². The van der Waals surface area contributed by atoms with Crippen molar-refractivity contribution in [2.75, 3.05) is 26.2 Å². The number of piperidine rings is 1. The van der Waals surface area contributed by atoms with Crippen LogP contribution in [0.25, 0.3) is 0 Å². The van der Waals surface area contributed by atoms with Gasteiger partial charge in [0.15, 0.2) is 0 Å². The van der Waals surface area contributed by atoms with Crippen LogP contribution >= 0.6 is 0 Å². The lowest BCUT2D eigenvalue weighted by atomic mass is 9.54. The summed E-state index contributed by atoms with van der Waals surface area (Å²) in [6, 6.07) is 0. The minimum absolute atomic E-state index is 0.145. The fraction of sp³-hybridized carbons (Fsp3) is 1.00. The average Bonchev–Trinajstić information content (AvgIpc) is 2.46. The number of β-amino-alcohol motifs (C(OH)–C–C–N with tert-alkyl or cyclic N) is 1. The maximum absolute atomic E-state index is 10.4. The van der Waals surface area contributed by atoms with Crippen LogP contribution in [0.5, 0.6) is 0 Å². The van der Waals surface area contributed by atoms with Crippen molar-refractivity contribution in [1.82, 2.24) is 4.90 Å². The molecular weight excluding hydrogens is 274 g/mol. The van der Waals surface area contributed by atoms with Crippen LogP contribution in [0.1, 0.15) is 58.3 Å². The number of likely N-dealkylation sites (tertiary alicyclic amines) is 1. The molecule has 1 N–H and O–H groups in total. The van der Waals surface area contributed by atoms with Gasteiger partial charge in [0.2, 0.25) is 0 Å². The van der Waals surface area contributed by atoms with Gasteiger partial charge in [0.25, 0.3) is 0 Å². The molecule has 0 aromatic carbocycles. The molecule has 4 aliphatic carbocycles. The fourth-order valence-corrected chi connectivity index (χ4v) is 6.08. The molecule has 4 bridgehead atoms. The number of aliphatic hydroxyl groups is 1. The van der Waals surface area contributed by atoms with Gasteiger partial charge < -0.3 is 14.7 Å². The normalized spacial score (nSPS) is 43.6. The standard InChI is InChI=1S/C19H33NO2/c1-14-2-4-20(5-3-14)12-18(21)13-22-19-9-15-6-16(10-19)8-17(7-15)11-19/h14-18,21H,2-13H2,1H3/t15?,16?,17?,18-,19?/m1/s1. The Balaban J connectivity index is 1.26. The number of nitrogens with zero attached hydrogens (tertiary/aromatic N) is 1. The molecule has 1 heterocycles. The second-order valence-corrected chi connectivity index (χ2v) is 9.05. The molecule has 126 valence electrons. The van der Waals surface area contributed by atoms with Crippen LogP contribution in [0.15, 0.2) is 0 Å². The van der Waals surface area contributed by atoms with Crippen LogP contribution in [0.3, 0.4) is 0 Å². The summed E-state index contributed by atoms with van der Waals surface area (Å²) in [5.74, 6) is 3.63. The molecule has 5 aliphatic rings. The van der Waals surface area contributed by atoms with E-state index in [0.717, 1.165) is 43.3 Å². The van der Waals surface area contributed by atoms with Crippen LogP contribution in [0.4, 0.5) is 0 Å². The van der Waals surface area contributed by atoms with Gasteiger partial charge in [-0.15, -0.1) is 0 Å². The van der Waals surface area contributed by atoms with E-state index in [1.165, 1.54) is 51.4 Å². The summed E-state index contributed by atoms with van der Waals surface area (Å²) in [6.45, 7) is 5.99. The summed E-state index contributed by atoms with van der Waals surface area (Å²) in [5, 5.41) is 10.4. The summed E-state index contributed by atoms with van der Waals surface area (Å²) in [6.07, 6.45) is 10.4. The summed E-state index contributed by atoms with van der Waals surface area (Å²) in [5.41, 5.74) is 0.145. The number of hydrogen-bond donors (Lipinski definition) is 1. The Morgan fingerprint density at radius 3 is 2.14 bits per heavy atom. The Kier molecular flexibility index (Phi) is 4.25. The van der Waals surface area contributed by atoms with E-state index in [9.17, 15) is 5.11 Å². The van der Waals surface area contributed by atoms with Crippen LogP contribution < -0.4 is 0 Å². The van der Waals surface area contributed by atoms with Gasteiger partial charge in [0.1, 0.15) is 0 Å². The van der Waals surface area contributed by atoms with Crippen molar-refractivity contribution in [2.45, 2.75) is 70.0 Å². The number of aliphatic hydroxyl groups excluding tert-OH is 1. The molecule has 5 rings (SSSR count). The predicted octanol–water partition coefficient (Wildman–Crippen LogP) is 3.06. The number of hydrogen-bond acceptors (Lipinski definition) is 3. The lowest BCUT2D eigenvalue weighted by molar-refractivity contribution is -0.176. The molecule has 1 aliphatic heterocycles. The second kappa shape index (κ2) is 6.07. The van der Waals surface area contributed by atoms with E-state index in [1.54, 1.807) is 0 Å². The molecule has 0 aromatic rings. The van der Waals surface area contributed by atoms with Gasteiger partial charge in [-0.3, -0.25) is 0 Å². The first-order valence-electron chi connectivity index (χ1n) is 9.64. The van der Waals surface area contributed by atoms with Gasteiger partial charge in [-0.25, -0.2) is 0 Å². The highest BCUT2D eigenvalue weighted by molar-refractivity contribution is 5.03. The smallest absolute Gasteiger partial charge is 0.0900 e. The Labute approximate surface area is 135 Å². The Morgan fingerprint density at radius 1 is 1.05 bits per heavy atom. The minimum atomic E-state index is -0.304. The van der Waals surface area contributed by atoms with E-state index in [0.29, 0.717) is 6.61 Å². The quantitative estimate of drug-likeness (QED) is 0.847. The van der Waals surface area contributed by atoms with Gasteiger partial charge in [0, 0.05) is 6.54 Å². The number of rotatable bonds is 5. The van der Waals surface area contributed by atoms with E-state index in [4.69, 9.17) is 4.74 Å². The summed E-state index contributed by atoms with van der Waals surface area (Å²) >= 11 is 0. The zero-order valence-electron chi connectivity index (χ0n) is 14.2. The zero-order valence-corrected chi connectivity index (χ0v) is 14.2. The topological polar surface area (TPSA) is 32.7 Å². The zero-order chi connectivity index (χ0) is 15.2. The largest absolute Gasteiger partial charge is 0.389 e. The van der Waals surface area contributed by atoms with Gasteiger partial charge in [-0.1, -0.05) is 6.92 Å². The van der Waals surface area contributed by atoms with E-state index in [-0.39, 0.29) is 11.7 Å². The maximum atomic E-state index is 10.4. The molecule has 5 fully saturated rings. The molecule has 0 amide bonds. The lowest BCUT2D eigenvalue weighted by Crippen LogP contribution is -2.53. The SMILES string of the molecule is CC1CCN(C[C@@H](O)COC23CC4CC(CC(C4)C2)C3)CC1. The second-order valence-electron chi connectivity index (χ2n) is 9.05. The van der Waals surface area contributed by atoms with Crippen LogP contribution in [-0.2, 0) is 4.74 Å². The van der Waals surface area contributed by atoms with Gasteiger partial charge in [-0.05, 0) is 88.1 Å². The molecule has 0 aromatic heterocycles. The van der Waals surface area contributed by atoms with Crippen molar-refractivity contribution in [3.63, 3.8) is 0 Å². The molecule has 22 heavy (non-hydrogen) atoms. The first-order chi connectivity index (χ1) is 10.6. The van der Waals surface area contributed by atoms with E-state index in [1.807, 2.05) is 0 Å². The molecular formula is C19H33NO2. The van der Waals surface area contributed by atoms with Crippen molar-refractivity contribution >= 4 is 0 Å². The molecule has 0 unspecified atom stereocenters. The molecule has 0 radical (unpaired) electrons. The first kappa shape index (κ1) is 15.4. The third-order valence-electron chi connectivity index (χ3n) is 6.91. The third-order valence-corrected chi connectivity index (χ3v) is 6.91. The van der Waals surface area contributed by atoms with Gasteiger partial charge in [-0.2, -0.15) is 0 Å². The highest BCUT2D eigenvalue weighted by atomic mass is 16.5. The average molecular weight is 307 g/mol. The molecule has 4 saturated carbocycles. The van der Waals surface area contributed by atoms with Gasteiger partial charge in [0.05, 0.1) is 18.3 Å². The van der Waals surface area contributed by atoms with Crippen LogP contribution in [0.2, 0.25) is 0 Å². The van der Waals surface area contributed by atoms with Crippen molar-refractivity contribution in [3.8, 4) is 0 Å². The maximum Gasteiger partial charge on any atom is 0.0900 e. The Hall–Kier alpha value is -0.120. The Bertz CT molecular complexity index is 354. The molecule has 3 heteroatoms. The lowest BCUT2D eigenvalue weighted by Gasteiger charge is -2.56. The first-order valence-corrected chi connectivity index (χ1v) is 9.64. The van der Waals surface area contributed by atoms with Gasteiger partial charge >= 0.3 is 0 Å². The Morgan fingerprint density at radius 2 is 1.59 bits per heavy atom. The summed E-state index contributed by atoms with van der Waals surface area (Å²) < 4.78 is 6.39. The highest BCUT2D eigenvalue weighted by Gasteiger charge is 2.51. The van der Waals surface area contributed by atoms with Crippen LogP contribution in [0, 0.1) is 23.7 Å². The highest BCUT2D eigenvalue weighted by Crippen LogP contribution is 2.57.